The molecule has 1 aromatic carbocycles. The maximum absolute atomic E-state index is 12.4. The van der Waals surface area contributed by atoms with Gasteiger partial charge < -0.3 is 5.32 Å². The molecule has 0 aliphatic carbocycles. The molecule has 3 heterocycles. The summed E-state index contributed by atoms with van der Waals surface area (Å²) in [5, 5.41) is 12.4. The smallest absolute Gasteiger partial charge is 0.267 e. The van der Waals surface area contributed by atoms with Crippen molar-refractivity contribution in [1.82, 2.24) is 24.5 Å². The normalized spacial score (nSPS) is 11.1. The van der Waals surface area contributed by atoms with E-state index in [1.807, 2.05) is 45.0 Å². The number of fused-ring (bicyclic) bond motifs is 1. The number of anilines is 1. The van der Waals surface area contributed by atoms with Crippen molar-refractivity contribution in [3.63, 3.8) is 0 Å². The minimum atomic E-state index is -0.356. The van der Waals surface area contributed by atoms with Gasteiger partial charge in [-0.1, -0.05) is 0 Å². The Hall–Kier alpha value is -3.33. The van der Waals surface area contributed by atoms with E-state index >= 15 is 0 Å². The number of thiazole rings is 1. The van der Waals surface area contributed by atoms with Gasteiger partial charge in [-0.05, 0) is 51.1 Å². The second-order valence-corrected chi connectivity index (χ2v) is 7.72. The van der Waals surface area contributed by atoms with Crippen LogP contribution >= 0.6 is 11.3 Å². The van der Waals surface area contributed by atoms with Gasteiger partial charge in [-0.15, -0.1) is 16.4 Å². The molecule has 0 fully saturated rings. The molecule has 0 unspecified atom stereocenters. The fraction of sp³-hybridized carbons (Fsp3) is 0.211. The lowest BCUT2D eigenvalue weighted by Gasteiger charge is -2.09. The maximum atomic E-state index is 12.4. The van der Waals surface area contributed by atoms with Gasteiger partial charge in [0.25, 0.3) is 5.56 Å². The van der Waals surface area contributed by atoms with Crippen LogP contribution in [0.15, 0.2) is 41.2 Å². The summed E-state index contributed by atoms with van der Waals surface area (Å²) in [5.74, 6) is 0.142. The topological polar surface area (TPSA) is 94.7 Å². The van der Waals surface area contributed by atoms with Crippen molar-refractivity contribution in [1.29, 1.82) is 0 Å². The fourth-order valence-corrected chi connectivity index (χ4v) is 3.79. The van der Waals surface area contributed by atoms with Crippen LogP contribution in [-0.4, -0.2) is 30.5 Å². The summed E-state index contributed by atoms with van der Waals surface area (Å²) in [5.41, 5.74) is 2.85. The van der Waals surface area contributed by atoms with Gasteiger partial charge in [-0.3, -0.25) is 9.59 Å². The molecule has 1 amide bonds. The lowest BCUT2D eigenvalue weighted by molar-refractivity contribution is -0.117. The largest absolute Gasteiger partial charge is 0.324 e. The number of aryl methyl sites for hydroxylation is 3. The monoisotopic (exact) mass is 394 g/mol. The van der Waals surface area contributed by atoms with Gasteiger partial charge in [0.05, 0.1) is 20.9 Å². The number of aromatic nitrogens is 5. The number of rotatable bonds is 4. The Balaban J connectivity index is 1.55. The van der Waals surface area contributed by atoms with Gasteiger partial charge in [0.2, 0.25) is 5.91 Å². The van der Waals surface area contributed by atoms with Crippen LogP contribution < -0.4 is 10.9 Å². The molecular formula is C19H18N6O2S. The van der Waals surface area contributed by atoms with Gasteiger partial charge in [0.15, 0.2) is 5.82 Å². The average molecular weight is 394 g/mol. The SMILES string of the molecule is Cc1cc(C)n(-c2ccc(=O)n(CC(=O)Nc3ccc4sc(C)nc4c3)n2)n1. The maximum Gasteiger partial charge on any atom is 0.267 e. The molecular weight excluding hydrogens is 376 g/mol. The van der Waals surface area contributed by atoms with Crippen molar-refractivity contribution in [2.24, 2.45) is 0 Å². The summed E-state index contributed by atoms with van der Waals surface area (Å²) in [6.45, 7) is 5.53. The van der Waals surface area contributed by atoms with E-state index in [-0.39, 0.29) is 18.0 Å². The number of carbonyl (C=O) groups excluding carboxylic acids is 1. The number of hydrogen-bond acceptors (Lipinski definition) is 6. The van der Waals surface area contributed by atoms with Crippen molar-refractivity contribution in [3.05, 3.63) is 63.1 Å². The third kappa shape index (κ3) is 3.56. The number of amides is 1. The molecule has 142 valence electrons. The predicted octanol–water partition coefficient (Wildman–Crippen LogP) is 2.60. The van der Waals surface area contributed by atoms with Crippen molar-refractivity contribution in [2.75, 3.05) is 5.32 Å². The number of nitrogens with one attached hydrogen (secondary N) is 1. The summed E-state index contributed by atoms with van der Waals surface area (Å²) in [7, 11) is 0. The van der Waals surface area contributed by atoms with Crippen LogP contribution in [0.25, 0.3) is 16.0 Å². The molecule has 8 nitrogen and oxygen atoms in total. The highest BCUT2D eigenvalue weighted by atomic mass is 32.1. The highest BCUT2D eigenvalue weighted by Crippen LogP contribution is 2.24. The van der Waals surface area contributed by atoms with Crippen molar-refractivity contribution in [2.45, 2.75) is 27.3 Å². The molecule has 0 spiro atoms. The van der Waals surface area contributed by atoms with E-state index in [1.165, 1.54) is 6.07 Å². The Kier molecular flexibility index (Phi) is 4.52. The zero-order chi connectivity index (χ0) is 19.8. The summed E-state index contributed by atoms with van der Waals surface area (Å²) >= 11 is 1.60. The second kappa shape index (κ2) is 7.01. The Labute approximate surface area is 164 Å². The molecule has 9 heteroatoms. The molecule has 4 aromatic rings. The first-order chi connectivity index (χ1) is 13.4. The molecule has 0 bridgehead atoms. The second-order valence-electron chi connectivity index (χ2n) is 6.49. The molecule has 0 saturated carbocycles. The molecule has 0 aliphatic heterocycles. The van der Waals surface area contributed by atoms with Gasteiger partial charge in [0.1, 0.15) is 6.54 Å². The Bertz CT molecular complexity index is 1250. The minimum Gasteiger partial charge on any atom is -0.324 e. The first-order valence-corrected chi connectivity index (χ1v) is 9.49. The zero-order valence-corrected chi connectivity index (χ0v) is 16.4. The summed E-state index contributed by atoms with van der Waals surface area (Å²) in [4.78, 5) is 29.0. The van der Waals surface area contributed by atoms with Crippen LogP contribution in [-0.2, 0) is 11.3 Å². The van der Waals surface area contributed by atoms with Gasteiger partial charge in [-0.2, -0.15) is 5.10 Å². The van der Waals surface area contributed by atoms with Crippen LogP contribution in [0.5, 0.6) is 0 Å². The zero-order valence-electron chi connectivity index (χ0n) is 15.6. The highest BCUT2D eigenvalue weighted by Gasteiger charge is 2.11. The molecule has 4 rings (SSSR count). The first-order valence-electron chi connectivity index (χ1n) is 8.68. The molecule has 3 aromatic heterocycles. The first kappa shape index (κ1) is 18.1. The number of carbonyl (C=O) groups is 1. The van der Waals surface area contributed by atoms with Crippen LogP contribution in [0.3, 0.4) is 0 Å². The quantitative estimate of drug-likeness (QED) is 0.574. The lowest BCUT2D eigenvalue weighted by atomic mass is 10.3. The van der Waals surface area contributed by atoms with E-state index in [0.717, 1.165) is 31.3 Å². The highest BCUT2D eigenvalue weighted by molar-refractivity contribution is 7.18. The van der Waals surface area contributed by atoms with Crippen molar-refractivity contribution in [3.8, 4) is 5.82 Å². The summed E-state index contributed by atoms with van der Waals surface area (Å²) < 4.78 is 3.83. The third-order valence-corrected chi connectivity index (χ3v) is 5.10. The predicted molar refractivity (Wildman–Crippen MR) is 108 cm³/mol. The van der Waals surface area contributed by atoms with Gasteiger partial charge >= 0.3 is 0 Å². The van der Waals surface area contributed by atoms with E-state index in [4.69, 9.17) is 0 Å². The van der Waals surface area contributed by atoms with E-state index in [2.05, 4.69) is 20.5 Å². The van der Waals surface area contributed by atoms with E-state index in [9.17, 15) is 9.59 Å². The summed E-state index contributed by atoms with van der Waals surface area (Å²) in [6.07, 6.45) is 0. The molecule has 0 saturated heterocycles. The van der Waals surface area contributed by atoms with Gasteiger partial charge in [0, 0.05) is 17.4 Å². The molecule has 28 heavy (non-hydrogen) atoms. The standard InChI is InChI=1S/C19H18N6O2S/c1-11-8-12(2)25(22-11)17-6-7-19(27)24(23-17)10-18(26)21-14-4-5-16-15(9-14)20-13(3)28-16/h4-9H,10H2,1-3H3,(H,21,26). The van der Waals surface area contributed by atoms with Crippen molar-refractivity contribution < 1.29 is 4.79 Å². The van der Waals surface area contributed by atoms with E-state index < -0.39 is 0 Å². The Morgan fingerprint density at radius 3 is 2.68 bits per heavy atom. The Morgan fingerprint density at radius 1 is 1.11 bits per heavy atom. The van der Waals surface area contributed by atoms with E-state index in [0.29, 0.717) is 11.5 Å². The molecule has 0 atom stereocenters. The lowest BCUT2D eigenvalue weighted by Crippen LogP contribution is -2.30. The number of benzene rings is 1. The molecule has 0 aliphatic rings. The Morgan fingerprint density at radius 2 is 1.93 bits per heavy atom. The number of nitrogens with zero attached hydrogens (tertiary/aromatic N) is 5. The van der Waals surface area contributed by atoms with Crippen LogP contribution in [0.2, 0.25) is 0 Å². The minimum absolute atomic E-state index is 0.194. The third-order valence-electron chi connectivity index (χ3n) is 4.15. The van der Waals surface area contributed by atoms with Crippen LogP contribution in [0, 0.1) is 20.8 Å². The van der Waals surface area contributed by atoms with Gasteiger partial charge in [-0.25, -0.2) is 14.3 Å². The van der Waals surface area contributed by atoms with E-state index in [1.54, 1.807) is 22.1 Å². The number of hydrogen-bond donors (Lipinski definition) is 1. The summed E-state index contributed by atoms with van der Waals surface area (Å²) in [6, 6.07) is 10.5. The van der Waals surface area contributed by atoms with Crippen LogP contribution in [0.1, 0.15) is 16.4 Å². The fourth-order valence-electron chi connectivity index (χ4n) is 2.98. The average Bonchev–Trinajstić information content (AvgIpc) is 3.17. The van der Waals surface area contributed by atoms with Crippen LogP contribution in [0.4, 0.5) is 5.69 Å². The van der Waals surface area contributed by atoms with Crippen molar-refractivity contribution >= 4 is 33.1 Å². The molecule has 0 radical (unpaired) electrons. The molecule has 1 N–H and O–H groups in total.